The van der Waals surface area contributed by atoms with Gasteiger partial charge in [0.1, 0.15) is 11.9 Å². The molecule has 4 heteroatoms. The second-order valence-electron chi connectivity index (χ2n) is 5.61. The molecule has 2 N–H and O–H groups in total. The predicted octanol–water partition coefficient (Wildman–Crippen LogP) is 2.16. The molecule has 0 spiro atoms. The van der Waals surface area contributed by atoms with Crippen molar-refractivity contribution in [2.75, 3.05) is 5.32 Å². The zero-order chi connectivity index (χ0) is 13.2. The lowest BCUT2D eigenvalue weighted by atomic mass is 9.93. The molecule has 0 aliphatic heterocycles. The lowest BCUT2D eigenvalue weighted by Gasteiger charge is -2.27. The van der Waals surface area contributed by atoms with Crippen LogP contribution in [-0.2, 0) is 12.8 Å². The lowest BCUT2D eigenvalue weighted by Crippen LogP contribution is -2.29. The van der Waals surface area contributed by atoms with Crippen molar-refractivity contribution in [2.24, 2.45) is 0 Å². The number of nitriles is 1. The number of anilines is 1. The molecule has 1 fully saturated rings. The number of hydrogen-bond donors (Lipinski definition) is 2. The van der Waals surface area contributed by atoms with Crippen LogP contribution in [0.2, 0.25) is 0 Å². The van der Waals surface area contributed by atoms with E-state index in [9.17, 15) is 10.4 Å². The van der Waals surface area contributed by atoms with Gasteiger partial charge >= 0.3 is 0 Å². The molecule has 0 amide bonds. The summed E-state index contributed by atoms with van der Waals surface area (Å²) < 4.78 is 0. The summed E-state index contributed by atoms with van der Waals surface area (Å²) in [5.74, 6) is 0.740. The summed E-state index contributed by atoms with van der Waals surface area (Å²) in [6, 6.07) is 4.58. The van der Waals surface area contributed by atoms with E-state index < -0.39 is 0 Å². The molecule has 100 valence electrons. The predicted molar refractivity (Wildman–Crippen MR) is 72.9 cm³/mol. The summed E-state index contributed by atoms with van der Waals surface area (Å²) in [4.78, 5) is 4.64. The van der Waals surface area contributed by atoms with Crippen LogP contribution in [0.15, 0.2) is 6.07 Å². The van der Waals surface area contributed by atoms with Gasteiger partial charge in [-0.2, -0.15) is 5.26 Å². The third-order valence-corrected chi connectivity index (χ3v) is 4.21. The highest BCUT2D eigenvalue weighted by Crippen LogP contribution is 2.27. The van der Waals surface area contributed by atoms with Gasteiger partial charge in [0.2, 0.25) is 0 Å². The van der Waals surface area contributed by atoms with E-state index >= 15 is 0 Å². The molecule has 0 atom stereocenters. The van der Waals surface area contributed by atoms with Crippen LogP contribution in [0.5, 0.6) is 0 Å². The first-order chi connectivity index (χ1) is 9.26. The molecule has 0 bridgehead atoms. The normalized spacial score (nSPS) is 25.7. The Morgan fingerprint density at radius 3 is 2.79 bits per heavy atom. The van der Waals surface area contributed by atoms with Gasteiger partial charge in [0.25, 0.3) is 0 Å². The molecular weight excluding hydrogens is 238 g/mol. The first kappa shape index (κ1) is 12.4. The van der Waals surface area contributed by atoms with Crippen molar-refractivity contribution in [3.05, 3.63) is 22.9 Å². The van der Waals surface area contributed by atoms with Gasteiger partial charge in [0.15, 0.2) is 0 Å². The van der Waals surface area contributed by atoms with Crippen LogP contribution in [0.1, 0.15) is 48.9 Å². The van der Waals surface area contributed by atoms with Crippen LogP contribution >= 0.6 is 0 Å². The Morgan fingerprint density at radius 2 is 2.05 bits per heavy atom. The van der Waals surface area contributed by atoms with Crippen molar-refractivity contribution >= 4 is 5.82 Å². The van der Waals surface area contributed by atoms with Crippen molar-refractivity contribution in [3.63, 3.8) is 0 Å². The Labute approximate surface area is 113 Å². The highest BCUT2D eigenvalue weighted by atomic mass is 16.3. The van der Waals surface area contributed by atoms with Gasteiger partial charge in [-0.15, -0.1) is 0 Å². The smallest absolute Gasteiger partial charge is 0.144 e. The number of aromatic nitrogens is 1. The average molecular weight is 257 g/mol. The van der Waals surface area contributed by atoms with Gasteiger partial charge in [-0.05, 0) is 56.6 Å². The largest absolute Gasteiger partial charge is 0.393 e. The molecule has 2 aliphatic carbocycles. The second kappa shape index (κ2) is 5.18. The molecule has 19 heavy (non-hydrogen) atoms. The molecule has 3 rings (SSSR count). The van der Waals surface area contributed by atoms with Crippen molar-refractivity contribution in [2.45, 2.75) is 57.1 Å². The van der Waals surface area contributed by atoms with E-state index in [0.29, 0.717) is 11.6 Å². The first-order valence-corrected chi connectivity index (χ1v) is 7.14. The summed E-state index contributed by atoms with van der Waals surface area (Å²) in [5.41, 5.74) is 3.05. The maximum atomic E-state index is 9.52. The summed E-state index contributed by atoms with van der Waals surface area (Å²) in [7, 11) is 0. The topological polar surface area (TPSA) is 68.9 Å². The maximum absolute atomic E-state index is 9.52. The van der Waals surface area contributed by atoms with Crippen molar-refractivity contribution in [1.82, 2.24) is 4.98 Å². The number of nitrogens with zero attached hydrogens (tertiary/aromatic N) is 2. The fourth-order valence-electron chi connectivity index (χ4n) is 3.08. The first-order valence-electron chi connectivity index (χ1n) is 7.14. The van der Waals surface area contributed by atoms with Gasteiger partial charge in [-0.3, -0.25) is 0 Å². The van der Waals surface area contributed by atoms with Crippen LogP contribution < -0.4 is 5.32 Å². The molecule has 0 saturated heterocycles. The second-order valence-corrected chi connectivity index (χ2v) is 5.61. The molecule has 1 saturated carbocycles. The highest BCUT2D eigenvalue weighted by Gasteiger charge is 2.22. The molecule has 1 aromatic rings. The van der Waals surface area contributed by atoms with E-state index in [1.54, 1.807) is 0 Å². The van der Waals surface area contributed by atoms with Gasteiger partial charge in [-0.1, -0.05) is 0 Å². The van der Waals surface area contributed by atoms with E-state index in [2.05, 4.69) is 16.4 Å². The SMILES string of the molecule is N#Cc1cc2c(nc1NC1CCC(O)CC1)CCC2. The number of rotatable bonds is 2. The minimum atomic E-state index is -0.151. The Bertz CT molecular complexity index is 513. The number of aliphatic hydroxyl groups is 1. The van der Waals surface area contributed by atoms with E-state index in [1.807, 2.05) is 6.07 Å². The zero-order valence-corrected chi connectivity index (χ0v) is 11.0. The molecule has 4 nitrogen and oxygen atoms in total. The zero-order valence-electron chi connectivity index (χ0n) is 11.0. The van der Waals surface area contributed by atoms with Crippen LogP contribution in [-0.4, -0.2) is 22.2 Å². The minimum absolute atomic E-state index is 0.151. The molecule has 2 aliphatic rings. The van der Waals surface area contributed by atoms with E-state index in [0.717, 1.165) is 56.5 Å². The third-order valence-electron chi connectivity index (χ3n) is 4.21. The van der Waals surface area contributed by atoms with E-state index in [4.69, 9.17) is 0 Å². The molecule has 0 aromatic carbocycles. The van der Waals surface area contributed by atoms with Crippen molar-refractivity contribution in [1.29, 1.82) is 5.26 Å². The van der Waals surface area contributed by atoms with E-state index in [-0.39, 0.29) is 6.10 Å². The highest BCUT2D eigenvalue weighted by molar-refractivity contribution is 5.55. The van der Waals surface area contributed by atoms with Crippen LogP contribution in [0, 0.1) is 11.3 Å². The summed E-state index contributed by atoms with van der Waals surface area (Å²) in [6.07, 6.45) is 6.64. The monoisotopic (exact) mass is 257 g/mol. The number of nitrogens with one attached hydrogen (secondary N) is 1. The Hall–Kier alpha value is -1.60. The quantitative estimate of drug-likeness (QED) is 0.852. The van der Waals surface area contributed by atoms with Crippen molar-refractivity contribution < 1.29 is 5.11 Å². The number of aliphatic hydroxyl groups excluding tert-OH is 1. The van der Waals surface area contributed by atoms with E-state index in [1.165, 1.54) is 5.56 Å². The van der Waals surface area contributed by atoms with Gasteiger partial charge in [0, 0.05) is 11.7 Å². The lowest BCUT2D eigenvalue weighted by molar-refractivity contribution is 0.126. The van der Waals surface area contributed by atoms with Crippen LogP contribution in [0.4, 0.5) is 5.82 Å². The average Bonchev–Trinajstić information content (AvgIpc) is 2.87. The number of hydrogen-bond acceptors (Lipinski definition) is 4. The fraction of sp³-hybridized carbons (Fsp3) is 0.600. The van der Waals surface area contributed by atoms with Gasteiger partial charge < -0.3 is 10.4 Å². The minimum Gasteiger partial charge on any atom is -0.393 e. The third kappa shape index (κ3) is 2.57. The van der Waals surface area contributed by atoms with Crippen LogP contribution in [0.25, 0.3) is 0 Å². The number of fused-ring (bicyclic) bond motifs is 1. The Morgan fingerprint density at radius 1 is 1.26 bits per heavy atom. The molecular formula is C15H19N3O. The standard InChI is InChI=1S/C15H19N3O/c16-9-11-8-10-2-1-3-14(10)18-15(11)17-12-4-6-13(19)7-5-12/h8,12-13,19H,1-7H2,(H,17,18). The summed E-state index contributed by atoms with van der Waals surface area (Å²) in [5, 5.41) is 22.2. The van der Waals surface area contributed by atoms with Crippen LogP contribution in [0.3, 0.4) is 0 Å². The van der Waals surface area contributed by atoms with Gasteiger partial charge in [0.05, 0.1) is 11.7 Å². The molecule has 0 unspecified atom stereocenters. The molecule has 1 heterocycles. The number of pyridine rings is 1. The molecule has 0 radical (unpaired) electrons. The Balaban J connectivity index is 1.79. The summed E-state index contributed by atoms with van der Waals surface area (Å²) in [6.45, 7) is 0. The summed E-state index contributed by atoms with van der Waals surface area (Å²) >= 11 is 0. The number of aryl methyl sites for hydroxylation is 2. The molecule has 1 aromatic heterocycles. The Kier molecular flexibility index (Phi) is 3.39. The fourth-order valence-corrected chi connectivity index (χ4v) is 3.08. The van der Waals surface area contributed by atoms with Crippen molar-refractivity contribution in [3.8, 4) is 6.07 Å². The maximum Gasteiger partial charge on any atom is 0.144 e. The van der Waals surface area contributed by atoms with Gasteiger partial charge in [-0.25, -0.2) is 4.98 Å².